The molecule has 2 aromatic carbocycles. The normalized spacial score (nSPS) is 16.1. The van der Waals surface area contributed by atoms with Gasteiger partial charge < -0.3 is 24.6 Å². The summed E-state index contributed by atoms with van der Waals surface area (Å²) in [4.78, 5) is 28.8. The molecule has 1 N–H and O–H groups in total. The molecule has 2 aromatic rings. The topological polar surface area (TPSA) is 71.1 Å². The fourth-order valence-corrected chi connectivity index (χ4v) is 3.21. The molecule has 2 amide bonds. The summed E-state index contributed by atoms with van der Waals surface area (Å²) in [6, 6.07) is 12.8. The highest BCUT2D eigenvalue weighted by Crippen LogP contribution is 2.36. The van der Waals surface area contributed by atoms with Crippen molar-refractivity contribution in [3.8, 4) is 11.5 Å². The first-order chi connectivity index (χ1) is 13.4. The number of rotatable bonds is 6. The van der Waals surface area contributed by atoms with Gasteiger partial charge in [-0.2, -0.15) is 0 Å². The first-order valence-electron chi connectivity index (χ1n) is 9.03. The quantitative estimate of drug-likeness (QED) is 0.831. The van der Waals surface area contributed by atoms with Crippen LogP contribution >= 0.6 is 0 Å². The molecular formula is C21H25N3O4. The van der Waals surface area contributed by atoms with E-state index in [0.29, 0.717) is 29.4 Å². The molecule has 0 spiro atoms. The number of ether oxygens (including phenoxy) is 2. The average Bonchev–Trinajstić information content (AvgIpc) is 3.09. The molecule has 1 heterocycles. The fourth-order valence-electron chi connectivity index (χ4n) is 3.21. The van der Waals surface area contributed by atoms with Gasteiger partial charge in [0.05, 0.1) is 25.8 Å². The van der Waals surface area contributed by atoms with Crippen molar-refractivity contribution in [1.29, 1.82) is 0 Å². The van der Waals surface area contributed by atoms with Crippen molar-refractivity contribution in [2.45, 2.75) is 6.42 Å². The summed E-state index contributed by atoms with van der Waals surface area (Å²) < 4.78 is 10.6. The molecule has 1 saturated heterocycles. The minimum Gasteiger partial charge on any atom is -0.497 e. The van der Waals surface area contributed by atoms with E-state index < -0.39 is 5.92 Å². The smallest absolute Gasteiger partial charge is 0.229 e. The Morgan fingerprint density at radius 3 is 2.43 bits per heavy atom. The third kappa shape index (κ3) is 4.03. The van der Waals surface area contributed by atoms with Gasteiger partial charge in [-0.05, 0) is 36.4 Å². The summed E-state index contributed by atoms with van der Waals surface area (Å²) in [6.45, 7) is 0.309. The zero-order chi connectivity index (χ0) is 20.3. The van der Waals surface area contributed by atoms with Gasteiger partial charge in [0.25, 0.3) is 0 Å². The number of carbonyl (C=O) groups is 2. The molecular weight excluding hydrogens is 358 g/mol. The maximum absolute atomic E-state index is 12.7. The van der Waals surface area contributed by atoms with Crippen molar-refractivity contribution in [3.63, 3.8) is 0 Å². The highest BCUT2D eigenvalue weighted by atomic mass is 16.5. The lowest BCUT2D eigenvalue weighted by atomic mass is 10.1. The summed E-state index contributed by atoms with van der Waals surface area (Å²) in [7, 11) is 7.03. The predicted molar refractivity (Wildman–Crippen MR) is 109 cm³/mol. The van der Waals surface area contributed by atoms with Crippen molar-refractivity contribution >= 4 is 28.9 Å². The van der Waals surface area contributed by atoms with Crippen LogP contribution in [0.25, 0.3) is 0 Å². The molecule has 1 atom stereocenters. The summed E-state index contributed by atoms with van der Waals surface area (Å²) >= 11 is 0. The number of nitrogens with one attached hydrogen (secondary N) is 1. The van der Waals surface area contributed by atoms with Crippen molar-refractivity contribution in [2.24, 2.45) is 5.92 Å². The summed E-state index contributed by atoms with van der Waals surface area (Å²) in [5, 5.41) is 2.90. The van der Waals surface area contributed by atoms with Crippen LogP contribution < -0.4 is 24.6 Å². The number of nitrogens with zero attached hydrogens (tertiary/aromatic N) is 2. The minimum absolute atomic E-state index is 0.105. The SMILES string of the molecule is COc1ccc(N2CC(C(=O)Nc3ccc(N(C)C)cc3)CC2=O)c(OC)c1. The second-order valence-electron chi connectivity index (χ2n) is 6.87. The number of hydrogen-bond donors (Lipinski definition) is 1. The van der Waals surface area contributed by atoms with Gasteiger partial charge in [0, 0.05) is 44.5 Å². The monoisotopic (exact) mass is 383 g/mol. The summed E-state index contributed by atoms with van der Waals surface area (Å²) in [5.41, 5.74) is 2.40. The van der Waals surface area contributed by atoms with Crippen LogP contribution in [0.1, 0.15) is 6.42 Å². The van der Waals surface area contributed by atoms with E-state index in [2.05, 4.69) is 5.32 Å². The lowest BCUT2D eigenvalue weighted by Crippen LogP contribution is -2.28. The molecule has 0 aromatic heterocycles. The van der Waals surface area contributed by atoms with E-state index in [1.165, 1.54) is 0 Å². The molecule has 7 heteroatoms. The Labute approximate surface area is 164 Å². The minimum atomic E-state index is -0.423. The van der Waals surface area contributed by atoms with Crippen molar-refractivity contribution in [2.75, 3.05) is 50.0 Å². The van der Waals surface area contributed by atoms with Gasteiger partial charge in [0.1, 0.15) is 11.5 Å². The van der Waals surface area contributed by atoms with Crippen LogP contribution in [0.3, 0.4) is 0 Å². The van der Waals surface area contributed by atoms with Gasteiger partial charge in [0.2, 0.25) is 11.8 Å². The van der Waals surface area contributed by atoms with Gasteiger partial charge >= 0.3 is 0 Å². The van der Waals surface area contributed by atoms with E-state index in [0.717, 1.165) is 5.69 Å². The number of benzene rings is 2. The molecule has 0 bridgehead atoms. The maximum Gasteiger partial charge on any atom is 0.229 e. The van der Waals surface area contributed by atoms with E-state index in [-0.39, 0.29) is 18.2 Å². The number of amides is 2. The van der Waals surface area contributed by atoms with Gasteiger partial charge in [-0.15, -0.1) is 0 Å². The highest BCUT2D eigenvalue weighted by molar-refractivity contribution is 6.04. The van der Waals surface area contributed by atoms with Crippen molar-refractivity contribution in [3.05, 3.63) is 42.5 Å². The number of anilines is 3. The van der Waals surface area contributed by atoms with Gasteiger partial charge in [-0.3, -0.25) is 9.59 Å². The molecule has 1 unspecified atom stereocenters. The largest absolute Gasteiger partial charge is 0.497 e. The molecule has 1 aliphatic heterocycles. The number of methoxy groups -OCH3 is 2. The highest BCUT2D eigenvalue weighted by Gasteiger charge is 2.36. The molecule has 0 saturated carbocycles. The third-order valence-corrected chi connectivity index (χ3v) is 4.82. The molecule has 1 fully saturated rings. The molecule has 0 radical (unpaired) electrons. The third-order valence-electron chi connectivity index (χ3n) is 4.82. The standard InChI is InChI=1S/C21H25N3O4/c1-23(2)16-7-5-15(6-8-16)22-21(26)14-11-20(25)24(13-14)18-10-9-17(27-3)12-19(18)28-4/h5-10,12,14H,11,13H2,1-4H3,(H,22,26). The zero-order valence-electron chi connectivity index (χ0n) is 16.6. The van der Waals surface area contributed by atoms with E-state index in [1.54, 1.807) is 37.3 Å². The Morgan fingerprint density at radius 2 is 1.82 bits per heavy atom. The lowest BCUT2D eigenvalue weighted by Gasteiger charge is -2.20. The lowest BCUT2D eigenvalue weighted by molar-refractivity contribution is -0.122. The van der Waals surface area contributed by atoms with E-state index in [4.69, 9.17) is 9.47 Å². The first-order valence-corrected chi connectivity index (χ1v) is 9.03. The Kier molecular flexibility index (Phi) is 5.73. The Balaban J connectivity index is 1.71. The first kappa shape index (κ1) is 19.5. The molecule has 3 rings (SSSR count). The van der Waals surface area contributed by atoms with E-state index in [9.17, 15) is 9.59 Å². The predicted octanol–water partition coefficient (Wildman–Crippen LogP) is 2.76. The van der Waals surface area contributed by atoms with Crippen LogP contribution in [0.15, 0.2) is 42.5 Å². The van der Waals surface area contributed by atoms with Crippen LogP contribution in [-0.2, 0) is 9.59 Å². The zero-order valence-corrected chi connectivity index (χ0v) is 16.6. The van der Waals surface area contributed by atoms with Crippen LogP contribution in [0, 0.1) is 5.92 Å². The molecule has 28 heavy (non-hydrogen) atoms. The number of hydrogen-bond acceptors (Lipinski definition) is 5. The fraction of sp³-hybridized carbons (Fsp3) is 0.333. The van der Waals surface area contributed by atoms with Crippen LogP contribution in [0.5, 0.6) is 11.5 Å². The maximum atomic E-state index is 12.7. The second kappa shape index (κ2) is 8.21. The molecule has 0 aliphatic carbocycles. The summed E-state index contributed by atoms with van der Waals surface area (Å²) in [5.74, 6) is 0.482. The van der Waals surface area contributed by atoms with E-state index >= 15 is 0 Å². The molecule has 148 valence electrons. The number of carbonyl (C=O) groups excluding carboxylic acids is 2. The Morgan fingerprint density at radius 1 is 1.11 bits per heavy atom. The second-order valence-corrected chi connectivity index (χ2v) is 6.87. The van der Waals surface area contributed by atoms with Gasteiger partial charge in [-0.25, -0.2) is 0 Å². The van der Waals surface area contributed by atoms with E-state index in [1.807, 2.05) is 43.3 Å². The Bertz CT molecular complexity index is 864. The Hall–Kier alpha value is -3.22. The summed E-state index contributed by atoms with van der Waals surface area (Å²) in [6.07, 6.45) is 0.163. The van der Waals surface area contributed by atoms with Crippen molar-refractivity contribution < 1.29 is 19.1 Å². The molecule has 1 aliphatic rings. The van der Waals surface area contributed by atoms with Gasteiger partial charge in [-0.1, -0.05) is 0 Å². The van der Waals surface area contributed by atoms with Crippen LogP contribution in [0.4, 0.5) is 17.1 Å². The van der Waals surface area contributed by atoms with Gasteiger partial charge in [0.15, 0.2) is 0 Å². The molecule has 7 nitrogen and oxygen atoms in total. The average molecular weight is 383 g/mol. The van der Waals surface area contributed by atoms with Crippen LogP contribution in [-0.4, -0.2) is 46.7 Å². The van der Waals surface area contributed by atoms with Crippen LogP contribution in [0.2, 0.25) is 0 Å². The van der Waals surface area contributed by atoms with Crippen molar-refractivity contribution in [1.82, 2.24) is 0 Å².